The van der Waals surface area contributed by atoms with Gasteiger partial charge in [-0.1, -0.05) is 33.1 Å². The molecule has 2 aromatic rings. The number of hydrogen-bond donors (Lipinski definition) is 1. The molecule has 0 aliphatic rings. The molecule has 108 valence electrons. The van der Waals surface area contributed by atoms with Crippen LogP contribution in [0.15, 0.2) is 30.9 Å². The van der Waals surface area contributed by atoms with Gasteiger partial charge < -0.3 is 10.3 Å². The summed E-state index contributed by atoms with van der Waals surface area (Å²) in [4.78, 5) is 8.45. The summed E-state index contributed by atoms with van der Waals surface area (Å²) in [7, 11) is 0. The molecule has 0 fully saturated rings. The number of anilines is 1. The second kappa shape index (κ2) is 7.08. The molecule has 2 aromatic heterocycles. The Morgan fingerprint density at radius 3 is 2.90 bits per heavy atom. The van der Waals surface area contributed by atoms with Crippen LogP contribution >= 0.6 is 0 Å². The number of nitrogens with zero attached hydrogens (tertiary/aromatic N) is 3. The summed E-state index contributed by atoms with van der Waals surface area (Å²) in [5.74, 6) is 1.26. The monoisotopic (exact) mass is 272 g/mol. The van der Waals surface area contributed by atoms with E-state index in [4.69, 9.17) is 5.73 Å². The maximum absolute atomic E-state index is 5.97. The molecule has 0 aromatic carbocycles. The van der Waals surface area contributed by atoms with Crippen molar-refractivity contribution in [1.29, 1.82) is 0 Å². The lowest BCUT2D eigenvalue weighted by Gasteiger charge is -2.17. The van der Waals surface area contributed by atoms with E-state index in [1.54, 1.807) is 6.20 Å². The van der Waals surface area contributed by atoms with E-state index in [-0.39, 0.29) is 0 Å². The van der Waals surface area contributed by atoms with Gasteiger partial charge >= 0.3 is 0 Å². The lowest BCUT2D eigenvalue weighted by molar-refractivity contribution is 0.392. The van der Waals surface area contributed by atoms with E-state index in [2.05, 4.69) is 28.4 Å². The van der Waals surface area contributed by atoms with Crippen LogP contribution in [-0.4, -0.2) is 14.5 Å². The van der Waals surface area contributed by atoms with E-state index in [9.17, 15) is 0 Å². The Morgan fingerprint density at radius 1 is 1.35 bits per heavy atom. The van der Waals surface area contributed by atoms with E-state index in [1.807, 2.05) is 24.7 Å². The molecule has 2 rings (SSSR count). The van der Waals surface area contributed by atoms with Crippen molar-refractivity contribution in [2.24, 2.45) is 5.92 Å². The lowest BCUT2D eigenvalue weighted by Crippen LogP contribution is -2.11. The molecule has 1 atom stereocenters. The normalized spacial score (nSPS) is 12.5. The first kappa shape index (κ1) is 14.6. The molecular formula is C16H24N4. The Balaban J connectivity index is 2.18. The summed E-state index contributed by atoms with van der Waals surface area (Å²) in [6, 6.07) is 3.92. The first-order valence-electron chi connectivity index (χ1n) is 7.47. The predicted octanol–water partition coefficient (Wildman–Crippen LogP) is 3.74. The predicted molar refractivity (Wildman–Crippen MR) is 83.2 cm³/mol. The standard InChI is InChI=1S/C16H24N4/c1-3-5-7-13(4-2)11-20-12-18-10-15(20)14-8-6-9-19-16(14)17/h6,8-10,12-13H,3-5,7,11H2,1-2H3,(H2,17,19). The summed E-state index contributed by atoms with van der Waals surface area (Å²) >= 11 is 0. The molecule has 0 spiro atoms. The minimum atomic E-state index is 0.566. The van der Waals surface area contributed by atoms with Gasteiger partial charge in [0.2, 0.25) is 0 Å². The number of pyridine rings is 1. The van der Waals surface area contributed by atoms with Crippen LogP contribution in [0.5, 0.6) is 0 Å². The molecule has 0 amide bonds. The Hall–Kier alpha value is -1.84. The van der Waals surface area contributed by atoms with Crippen molar-refractivity contribution in [2.75, 3.05) is 5.73 Å². The minimum absolute atomic E-state index is 0.566. The number of nitrogen functional groups attached to an aromatic ring is 1. The van der Waals surface area contributed by atoms with Crippen LogP contribution in [0.3, 0.4) is 0 Å². The highest BCUT2D eigenvalue weighted by Crippen LogP contribution is 2.25. The molecule has 2 heterocycles. The maximum atomic E-state index is 5.97. The Bertz CT molecular complexity index is 533. The number of hydrogen-bond acceptors (Lipinski definition) is 3. The van der Waals surface area contributed by atoms with Crippen LogP contribution < -0.4 is 5.73 Å². The fourth-order valence-electron chi connectivity index (χ4n) is 2.52. The molecule has 1 unspecified atom stereocenters. The van der Waals surface area contributed by atoms with Crippen molar-refractivity contribution >= 4 is 5.82 Å². The van der Waals surface area contributed by atoms with E-state index in [1.165, 1.54) is 25.7 Å². The number of nitrogens with two attached hydrogens (primary N) is 1. The van der Waals surface area contributed by atoms with Gasteiger partial charge in [0.15, 0.2) is 0 Å². The zero-order chi connectivity index (χ0) is 14.4. The van der Waals surface area contributed by atoms with Crippen molar-refractivity contribution in [3.8, 4) is 11.3 Å². The molecule has 0 saturated heterocycles. The van der Waals surface area contributed by atoms with E-state index < -0.39 is 0 Å². The van der Waals surface area contributed by atoms with Gasteiger partial charge in [-0.05, 0) is 24.5 Å². The highest BCUT2D eigenvalue weighted by atomic mass is 15.1. The molecular weight excluding hydrogens is 248 g/mol. The number of unbranched alkanes of at least 4 members (excludes halogenated alkanes) is 1. The quantitative estimate of drug-likeness (QED) is 0.835. The molecule has 4 nitrogen and oxygen atoms in total. The van der Waals surface area contributed by atoms with Gasteiger partial charge in [-0.2, -0.15) is 0 Å². The fourth-order valence-corrected chi connectivity index (χ4v) is 2.52. The molecule has 20 heavy (non-hydrogen) atoms. The molecule has 0 radical (unpaired) electrons. The van der Waals surface area contributed by atoms with Gasteiger partial charge in [-0.15, -0.1) is 0 Å². The van der Waals surface area contributed by atoms with Crippen molar-refractivity contribution < 1.29 is 0 Å². The lowest BCUT2D eigenvalue weighted by atomic mass is 9.99. The van der Waals surface area contributed by atoms with Gasteiger partial charge in [0.25, 0.3) is 0 Å². The zero-order valence-electron chi connectivity index (χ0n) is 12.4. The van der Waals surface area contributed by atoms with Crippen LogP contribution in [0.25, 0.3) is 11.3 Å². The average Bonchev–Trinajstić information content (AvgIpc) is 2.92. The number of rotatable bonds is 7. The van der Waals surface area contributed by atoms with Crippen LogP contribution in [0.1, 0.15) is 39.5 Å². The largest absolute Gasteiger partial charge is 0.383 e. The summed E-state index contributed by atoms with van der Waals surface area (Å²) in [5.41, 5.74) is 8.00. The fraction of sp³-hybridized carbons (Fsp3) is 0.500. The van der Waals surface area contributed by atoms with Crippen molar-refractivity contribution in [3.63, 3.8) is 0 Å². The Kier molecular flexibility index (Phi) is 5.16. The summed E-state index contributed by atoms with van der Waals surface area (Å²) in [5, 5.41) is 0. The molecule has 4 heteroatoms. The second-order valence-corrected chi connectivity index (χ2v) is 5.28. The van der Waals surface area contributed by atoms with Gasteiger partial charge in [0.1, 0.15) is 5.82 Å². The first-order chi connectivity index (χ1) is 9.76. The third kappa shape index (κ3) is 3.38. The third-order valence-electron chi connectivity index (χ3n) is 3.82. The molecule has 0 bridgehead atoms. The Morgan fingerprint density at radius 2 is 2.20 bits per heavy atom. The van der Waals surface area contributed by atoms with Crippen LogP contribution in [0.4, 0.5) is 5.82 Å². The van der Waals surface area contributed by atoms with Gasteiger partial charge in [0.05, 0.1) is 18.2 Å². The highest BCUT2D eigenvalue weighted by Gasteiger charge is 2.12. The summed E-state index contributed by atoms with van der Waals surface area (Å²) in [6.07, 6.45) is 10.5. The van der Waals surface area contributed by atoms with Crippen LogP contribution in [0.2, 0.25) is 0 Å². The Labute approximate surface area is 121 Å². The van der Waals surface area contributed by atoms with E-state index >= 15 is 0 Å². The zero-order valence-corrected chi connectivity index (χ0v) is 12.4. The molecule has 0 aliphatic heterocycles. The topological polar surface area (TPSA) is 56.7 Å². The molecule has 0 saturated carbocycles. The highest BCUT2D eigenvalue weighted by molar-refractivity contribution is 5.70. The van der Waals surface area contributed by atoms with Crippen molar-refractivity contribution in [2.45, 2.75) is 46.1 Å². The first-order valence-corrected chi connectivity index (χ1v) is 7.47. The van der Waals surface area contributed by atoms with Crippen LogP contribution in [-0.2, 0) is 6.54 Å². The van der Waals surface area contributed by atoms with E-state index in [0.717, 1.165) is 17.8 Å². The minimum Gasteiger partial charge on any atom is -0.383 e. The summed E-state index contributed by atoms with van der Waals surface area (Å²) < 4.78 is 2.21. The third-order valence-corrected chi connectivity index (χ3v) is 3.82. The molecule has 0 aliphatic carbocycles. The van der Waals surface area contributed by atoms with Crippen molar-refractivity contribution in [1.82, 2.24) is 14.5 Å². The number of imidazole rings is 1. The molecule has 2 N–H and O–H groups in total. The van der Waals surface area contributed by atoms with Crippen LogP contribution in [0, 0.1) is 5.92 Å². The second-order valence-electron chi connectivity index (χ2n) is 5.28. The van der Waals surface area contributed by atoms with Crippen molar-refractivity contribution in [3.05, 3.63) is 30.9 Å². The number of aromatic nitrogens is 3. The van der Waals surface area contributed by atoms with E-state index in [0.29, 0.717) is 11.7 Å². The van der Waals surface area contributed by atoms with Gasteiger partial charge in [-0.25, -0.2) is 9.97 Å². The SMILES string of the molecule is CCCCC(CC)Cn1cncc1-c1cccnc1N. The average molecular weight is 272 g/mol. The van der Waals surface area contributed by atoms with Gasteiger partial charge in [-0.3, -0.25) is 0 Å². The summed E-state index contributed by atoms with van der Waals surface area (Å²) in [6.45, 7) is 5.50. The smallest absolute Gasteiger partial charge is 0.132 e. The maximum Gasteiger partial charge on any atom is 0.132 e. The van der Waals surface area contributed by atoms with Gasteiger partial charge in [0, 0.05) is 18.3 Å².